The molecule has 0 aromatic carbocycles. The summed E-state index contributed by atoms with van der Waals surface area (Å²) in [7, 11) is -3.69. The molecular formula is C7H13NO4S. The van der Waals surface area contributed by atoms with Crippen molar-refractivity contribution in [2.75, 3.05) is 12.4 Å². The van der Waals surface area contributed by atoms with Crippen molar-refractivity contribution in [1.29, 1.82) is 0 Å². The summed E-state index contributed by atoms with van der Waals surface area (Å²) in [5, 5.41) is 0. The molecule has 0 aliphatic rings. The number of rotatable bonds is 6. The molecule has 0 heterocycles. The van der Waals surface area contributed by atoms with E-state index in [4.69, 9.17) is 5.73 Å². The summed E-state index contributed by atoms with van der Waals surface area (Å²) in [6, 6.07) is 0. The van der Waals surface area contributed by atoms with Crippen LogP contribution in [0.5, 0.6) is 0 Å². The van der Waals surface area contributed by atoms with Gasteiger partial charge in [0.05, 0.1) is 6.61 Å². The zero-order valence-electron chi connectivity index (χ0n) is 7.45. The lowest BCUT2D eigenvalue weighted by molar-refractivity contribution is -0.114. The second kappa shape index (κ2) is 4.98. The monoisotopic (exact) mass is 207 g/mol. The van der Waals surface area contributed by atoms with Crippen LogP contribution in [0.2, 0.25) is 0 Å². The lowest BCUT2D eigenvalue weighted by atomic mass is 10.3. The summed E-state index contributed by atoms with van der Waals surface area (Å²) in [5.74, 6) is -1.37. The third kappa shape index (κ3) is 5.37. The number of amides is 1. The second-order valence-corrected chi connectivity index (χ2v) is 4.13. The normalized spacial score (nSPS) is 11.2. The van der Waals surface area contributed by atoms with E-state index in [2.05, 4.69) is 10.8 Å². The Bertz CT molecular complexity index is 294. The van der Waals surface area contributed by atoms with Crippen LogP contribution >= 0.6 is 0 Å². The first kappa shape index (κ1) is 12.1. The Morgan fingerprint density at radius 3 is 2.46 bits per heavy atom. The Balaban J connectivity index is 4.18. The van der Waals surface area contributed by atoms with E-state index in [-0.39, 0.29) is 12.2 Å². The van der Waals surface area contributed by atoms with E-state index in [0.29, 0.717) is 6.42 Å². The van der Waals surface area contributed by atoms with Crippen molar-refractivity contribution in [2.24, 2.45) is 5.73 Å². The minimum absolute atomic E-state index is 0.106. The van der Waals surface area contributed by atoms with Gasteiger partial charge in [0.25, 0.3) is 10.1 Å². The Morgan fingerprint density at radius 2 is 2.08 bits per heavy atom. The smallest absolute Gasteiger partial charge is 0.271 e. The van der Waals surface area contributed by atoms with Crippen LogP contribution in [-0.2, 0) is 19.1 Å². The average Bonchev–Trinajstić information content (AvgIpc) is 2.00. The highest BCUT2D eigenvalue weighted by molar-refractivity contribution is 7.86. The molecule has 0 radical (unpaired) electrons. The van der Waals surface area contributed by atoms with Crippen LogP contribution < -0.4 is 5.73 Å². The molecule has 76 valence electrons. The molecule has 5 nitrogen and oxygen atoms in total. The van der Waals surface area contributed by atoms with Gasteiger partial charge in [-0.3, -0.25) is 8.98 Å². The summed E-state index contributed by atoms with van der Waals surface area (Å²) >= 11 is 0. The van der Waals surface area contributed by atoms with Crippen molar-refractivity contribution in [3.63, 3.8) is 0 Å². The summed E-state index contributed by atoms with van der Waals surface area (Å²) in [6.07, 6.45) is 0.586. The van der Waals surface area contributed by atoms with Crippen molar-refractivity contribution in [2.45, 2.75) is 13.3 Å². The molecule has 0 aliphatic heterocycles. The zero-order valence-corrected chi connectivity index (χ0v) is 8.26. The van der Waals surface area contributed by atoms with Crippen molar-refractivity contribution < 1.29 is 17.4 Å². The number of nitrogens with two attached hydrogens (primary N) is 1. The first-order valence-corrected chi connectivity index (χ1v) is 5.31. The number of hydrogen-bond acceptors (Lipinski definition) is 4. The second-order valence-electron chi connectivity index (χ2n) is 2.49. The summed E-state index contributed by atoms with van der Waals surface area (Å²) in [4.78, 5) is 10.5. The molecule has 0 atom stereocenters. The van der Waals surface area contributed by atoms with E-state index in [1.165, 1.54) is 0 Å². The molecule has 0 aliphatic carbocycles. The predicted octanol–water partition coefficient (Wildman–Crippen LogP) is -0.216. The van der Waals surface area contributed by atoms with Gasteiger partial charge in [0, 0.05) is 5.57 Å². The Morgan fingerprint density at radius 1 is 1.54 bits per heavy atom. The molecule has 0 saturated carbocycles. The van der Waals surface area contributed by atoms with Gasteiger partial charge in [-0.1, -0.05) is 13.5 Å². The molecule has 2 N–H and O–H groups in total. The lowest BCUT2D eigenvalue weighted by Crippen LogP contribution is -2.21. The highest BCUT2D eigenvalue weighted by atomic mass is 32.2. The van der Waals surface area contributed by atoms with Gasteiger partial charge in [-0.2, -0.15) is 8.42 Å². The molecule has 0 unspecified atom stereocenters. The fourth-order valence-electron chi connectivity index (χ4n) is 0.536. The van der Waals surface area contributed by atoms with E-state index in [1.54, 1.807) is 6.92 Å². The maximum absolute atomic E-state index is 11.0. The fourth-order valence-corrected chi connectivity index (χ4v) is 1.61. The van der Waals surface area contributed by atoms with Crippen LogP contribution in [0.15, 0.2) is 12.2 Å². The highest BCUT2D eigenvalue weighted by Crippen LogP contribution is 2.00. The van der Waals surface area contributed by atoms with Crippen molar-refractivity contribution in [3.05, 3.63) is 12.2 Å². The number of carbonyl (C=O) groups is 1. The number of hydrogen-bond donors (Lipinski definition) is 1. The van der Waals surface area contributed by atoms with Crippen LogP contribution in [0, 0.1) is 0 Å². The van der Waals surface area contributed by atoms with E-state index in [0.717, 1.165) is 0 Å². The first-order valence-electron chi connectivity index (χ1n) is 3.73. The quantitative estimate of drug-likeness (QED) is 0.482. The molecule has 0 rings (SSSR count). The van der Waals surface area contributed by atoms with E-state index in [1.807, 2.05) is 0 Å². The molecule has 0 aromatic rings. The topological polar surface area (TPSA) is 86.5 Å². The SMILES string of the molecule is C=C(CS(=O)(=O)OCCC)C(N)=O. The van der Waals surface area contributed by atoms with Gasteiger partial charge in [0.15, 0.2) is 0 Å². The zero-order chi connectivity index (χ0) is 10.5. The molecular weight excluding hydrogens is 194 g/mol. The largest absolute Gasteiger partial charge is 0.366 e. The van der Waals surface area contributed by atoms with E-state index in [9.17, 15) is 13.2 Å². The minimum atomic E-state index is -3.69. The molecule has 0 fully saturated rings. The summed E-state index contributed by atoms with van der Waals surface area (Å²) < 4.78 is 26.5. The Labute approximate surface area is 77.7 Å². The van der Waals surface area contributed by atoms with Gasteiger partial charge in [-0.25, -0.2) is 0 Å². The maximum atomic E-state index is 11.0. The Kier molecular flexibility index (Phi) is 4.64. The van der Waals surface area contributed by atoms with Gasteiger partial charge < -0.3 is 5.73 Å². The van der Waals surface area contributed by atoms with Crippen LogP contribution in [0.3, 0.4) is 0 Å². The van der Waals surface area contributed by atoms with Gasteiger partial charge in [0.2, 0.25) is 5.91 Å². The highest BCUT2D eigenvalue weighted by Gasteiger charge is 2.15. The molecule has 13 heavy (non-hydrogen) atoms. The molecule has 1 amide bonds. The van der Waals surface area contributed by atoms with Crippen molar-refractivity contribution in [1.82, 2.24) is 0 Å². The molecule has 0 aromatic heterocycles. The molecule has 0 bridgehead atoms. The number of carbonyl (C=O) groups excluding carboxylic acids is 1. The van der Waals surface area contributed by atoms with Crippen LogP contribution in [0.4, 0.5) is 0 Å². The molecule has 0 spiro atoms. The van der Waals surface area contributed by atoms with Gasteiger partial charge in [-0.15, -0.1) is 0 Å². The predicted molar refractivity (Wildman–Crippen MR) is 48.4 cm³/mol. The third-order valence-corrected chi connectivity index (χ3v) is 2.39. The van der Waals surface area contributed by atoms with Gasteiger partial charge >= 0.3 is 0 Å². The minimum Gasteiger partial charge on any atom is -0.366 e. The van der Waals surface area contributed by atoms with Crippen LogP contribution in [-0.4, -0.2) is 26.7 Å². The fraction of sp³-hybridized carbons (Fsp3) is 0.571. The summed E-state index contributed by atoms with van der Waals surface area (Å²) in [5.41, 5.74) is 4.64. The lowest BCUT2D eigenvalue weighted by Gasteiger charge is -2.03. The van der Waals surface area contributed by atoms with Gasteiger partial charge in [-0.05, 0) is 6.42 Å². The van der Waals surface area contributed by atoms with Crippen molar-refractivity contribution >= 4 is 16.0 Å². The van der Waals surface area contributed by atoms with E-state index >= 15 is 0 Å². The summed E-state index contributed by atoms with van der Waals surface area (Å²) in [6.45, 7) is 5.10. The van der Waals surface area contributed by atoms with Crippen LogP contribution in [0.1, 0.15) is 13.3 Å². The number of primary amides is 1. The van der Waals surface area contributed by atoms with Crippen LogP contribution in [0.25, 0.3) is 0 Å². The first-order chi connectivity index (χ1) is 5.89. The third-order valence-electron chi connectivity index (χ3n) is 1.17. The molecule has 0 saturated heterocycles. The average molecular weight is 207 g/mol. The van der Waals surface area contributed by atoms with Crippen molar-refractivity contribution in [3.8, 4) is 0 Å². The standard InChI is InChI=1S/C7H13NO4S/c1-3-4-12-13(10,11)5-6(2)7(8)9/h2-5H2,1H3,(H2,8,9). The molecule has 6 heteroatoms. The van der Waals surface area contributed by atoms with E-state index < -0.39 is 21.8 Å². The van der Waals surface area contributed by atoms with Gasteiger partial charge in [0.1, 0.15) is 5.75 Å². The Hall–Kier alpha value is -0.880. The maximum Gasteiger partial charge on any atom is 0.271 e.